The first-order valence-corrected chi connectivity index (χ1v) is 8.35. The number of methoxy groups -OCH3 is 1. The molecule has 2 heterocycles. The summed E-state index contributed by atoms with van der Waals surface area (Å²) < 4.78 is 17.8. The van der Waals surface area contributed by atoms with Gasteiger partial charge in [-0.1, -0.05) is 13.8 Å². The zero-order valence-corrected chi connectivity index (χ0v) is 17.3. The van der Waals surface area contributed by atoms with Gasteiger partial charge in [0.2, 0.25) is 12.5 Å². The summed E-state index contributed by atoms with van der Waals surface area (Å²) in [6.07, 6.45) is 1.36. The molecule has 2 atom stereocenters. The lowest BCUT2D eigenvalue weighted by atomic mass is 9.85. The highest BCUT2D eigenvalue weighted by Gasteiger charge is 2.42. The molecule has 2 aliphatic heterocycles. The molecular weight excluding hydrogens is 421 g/mol. The molecule has 136 valence electrons. The van der Waals surface area contributed by atoms with Crippen molar-refractivity contribution in [2.45, 2.75) is 38.8 Å². The molecule has 3 rings (SSSR count). The third kappa shape index (κ3) is 3.32. The Morgan fingerprint density at radius 2 is 2.04 bits per heavy atom. The second-order valence-corrected chi connectivity index (χ2v) is 7.53. The Balaban J connectivity index is 0.00000208. The van der Waals surface area contributed by atoms with Crippen LogP contribution in [0.1, 0.15) is 37.4 Å². The van der Waals surface area contributed by atoms with Crippen molar-refractivity contribution in [3.8, 4) is 17.2 Å². The number of fused-ring (bicyclic) bond motifs is 2. The van der Waals surface area contributed by atoms with Crippen LogP contribution >= 0.6 is 0 Å². The second-order valence-electron chi connectivity index (χ2n) is 7.53. The zero-order valence-electron chi connectivity index (χ0n) is 15.1. The normalized spacial score (nSPS) is 21.9. The molecule has 0 amide bonds. The van der Waals surface area contributed by atoms with Crippen LogP contribution in [-0.2, 0) is 6.42 Å². The fourth-order valence-electron chi connectivity index (χ4n) is 3.67. The molecule has 0 spiro atoms. The molecule has 2 aliphatic rings. The molecule has 1 N–H and O–H groups in total. The Hall–Kier alpha value is -0.730. The Morgan fingerprint density at radius 1 is 1.33 bits per heavy atom. The molecular formula is C18H28INO4. The van der Waals surface area contributed by atoms with Crippen molar-refractivity contribution in [1.29, 1.82) is 0 Å². The molecule has 5 nitrogen and oxygen atoms in total. The van der Waals surface area contributed by atoms with E-state index in [1.165, 1.54) is 11.1 Å². The van der Waals surface area contributed by atoms with E-state index in [2.05, 4.69) is 34.0 Å². The number of rotatable bonds is 4. The van der Waals surface area contributed by atoms with Crippen LogP contribution in [0.5, 0.6) is 17.2 Å². The van der Waals surface area contributed by atoms with Gasteiger partial charge in [-0.2, -0.15) is 0 Å². The van der Waals surface area contributed by atoms with Crippen LogP contribution in [0.15, 0.2) is 6.07 Å². The van der Waals surface area contributed by atoms with Gasteiger partial charge in [0.25, 0.3) is 0 Å². The lowest BCUT2D eigenvalue weighted by Gasteiger charge is -2.44. The summed E-state index contributed by atoms with van der Waals surface area (Å²) >= 11 is 0. The number of quaternary nitrogens is 1. The van der Waals surface area contributed by atoms with Gasteiger partial charge < -0.3 is 47.8 Å². The maximum absolute atomic E-state index is 10.5. The van der Waals surface area contributed by atoms with E-state index in [-0.39, 0.29) is 48.8 Å². The average Bonchev–Trinajstić information content (AvgIpc) is 2.95. The summed E-state index contributed by atoms with van der Waals surface area (Å²) in [4.78, 5) is 0. The minimum absolute atomic E-state index is 0. The lowest BCUT2D eigenvalue weighted by Crippen LogP contribution is -3.00. The van der Waals surface area contributed by atoms with Crippen LogP contribution in [-0.4, -0.2) is 50.2 Å². The summed E-state index contributed by atoms with van der Waals surface area (Å²) in [6, 6.07) is 2.27. The first-order valence-electron chi connectivity index (χ1n) is 8.35. The minimum Gasteiger partial charge on any atom is -1.00 e. The number of benzene rings is 1. The molecule has 0 aliphatic carbocycles. The van der Waals surface area contributed by atoms with Crippen LogP contribution in [0, 0.1) is 5.92 Å². The molecule has 0 saturated heterocycles. The van der Waals surface area contributed by atoms with Crippen LogP contribution < -0.4 is 38.2 Å². The smallest absolute Gasteiger partial charge is 0.231 e. The molecule has 1 aromatic rings. The first kappa shape index (κ1) is 19.6. The summed E-state index contributed by atoms with van der Waals surface area (Å²) in [6.45, 7) is 5.40. The summed E-state index contributed by atoms with van der Waals surface area (Å²) in [5.41, 5.74) is 2.43. The van der Waals surface area contributed by atoms with Crippen molar-refractivity contribution in [2.24, 2.45) is 5.92 Å². The monoisotopic (exact) mass is 449 g/mol. The molecule has 0 radical (unpaired) electrons. The van der Waals surface area contributed by atoms with E-state index in [9.17, 15) is 5.11 Å². The quantitative estimate of drug-likeness (QED) is 0.498. The average molecular weight is 449 g/mol. The topological polar surface area (TPSA) is 47.9 Å². The number of ether oxygens (including phenoxy) is 3. The van der Waals surface area contributed by atoms with Crippen LogP contribution in [0.3, 0.4) is 0 Å². The van der Waals surface area contributed by atoms with Crippen molar-refractivity contribution >= 4 is 0 Å². The molecule has 6 heteroatoms. The number of hydrogen-bond donors (Lipinski definition) is 1. The Morgan fingerprint density at radius 3 is 2.67 bits per heavy atom. The Kier molecular flexibility index (Phi) is 5.92. The third-order valence-corrected chi connectivity index (χ3v) is 5.32. The van der Waals surface area contributed by atoms with Gasteiger partial charge in [0.1, 0.15) is 6.04 Å². The molecule has 0 aromatic heterocycles. The highest BCUT2D eigenvalue weighted by molar-refractivity contribution is 5.61. The third-order valence-electron chi connectivity index (χ3n) is 5.32. The van der Waals surface area contributed by atoms with Crippen molar-refractivity contribution in [2.75, 3.05) is 34.5 Å². The SMILES string of the molecule is COc1c2c(cc3c1C(CC(O)C(C)C)[N+](C)(C)CC3)OCO2.[I-]. The highest BCUT2D eigenvalue weighted by Crippen LogP contribution is 2.51. The predicted molar refractivity (Wildman–Crippen MR) is 88.0 cm³/mol. The van der Waals surface area contributed by atoms with Gasteiger partial charge in [-0.3, -0.25) is 0 Å². The summed E-state index contributed by atoms with van der Waals surface area (Å²) in [5.74, 6) is 2.50. The van der Waals surface area contributed by atoms with Gasteiger partial charge in [0, 0.05) is 12.8 Å². The van der Waals surface area contributed by atoms with E-state index < -0.39 is 0 Å². The van der Waals surface area contributed by atoms with Gasteiger partial charge in [0.05, 0.1) is 39.4 Å². The second kappa shape index (κ2) is 7.25. The molecule has 1 aromatic carbocycles. The van der Waals surface area contributed by atoms with Crippen LogP contribution in [0.2, 0.25) is 0 Å². The molecule has 0 fully saturated rings. The largest absolute Gasteiger partial charge is 1.00 e. The van der Waals surface area contributed by atoms with Gasteiger partial charge in [0.15, 0.2) is 11.5 Å². The van der Waals surface area contributed by atoms with Crippen molar-refractivity contribution in [3.63, 3.8) is 0 Å². The fourth-order valence-corrected chi connectivity index (χ4v) is 3.67. The predicted octanol–water partition coefficient (Wildman–Crippen LogP) is -0.491. The number of aliphatic hydroxyl groups is 1. The van der Waals surface area contributed by atoms with Crippen molar-refractivity contribution < 1.29 is 47.8 Å². The van der Waals surface area contributed by atoms with E-state index >= 15 is 0 Å². The van der Waals surface area contributed by atoms with E-state index in [0.717, 1.165) is 28.9 Å². The van der Waals surface area contributed by atoms with E-state index in [1.807, 2.05) is 0 Å². The number of hydrogen-bond acceptors (Lipinski definition) is 4. The van der Waals surface area contributed by atoms with Gasteiger partial charge in [-0.05, 0) is 17.5 Å². The highest BCUT2D eigenvalue weighted by atomic mass is 127. The molecule has 2 unspecified atom stereocenters. The maximum atomic E-state index is 10.5. The van der Waals surface area contributed by atoms with Crippen LogP contribution in [0.25, 0.3) is 0 Å². The molecule has 24 heavy (non-hydrogen) atoms. The lowest BCUT2D eigenvalue weighted by molar-refractivity contribution is -0.924. The van der Waals surface area contributed by atoms with E-state index in [0.29, 0.717) is 12.2 Å². The summed E-state index contributed by atoms with van der Waals surface area (Å²) in [7, 11) is 6.14. The van der Waals surface area contributed by atoms with E-state index in [1.54, 1.807) is 7.11 Å². The Bertz CT molecular complexity index is 603. The standard InChI is InChI=1S/C18H28NO4.HI/c1-11(2)14(20)9-13-16-12(6-7-19(13,3)4)8-15-17(18(16)21-5)23-10-22-15;/h8,11,13-14,20H,6-7,9-10H2,1-5H3;1H/q+1;/p-1. The number of halogens is 1. The summed E-state index contributed by atoms with van der Waals surface area (Å²) in [5, 5.41) is 10.5. The molecule has 0 bridgehead atoms. The number of nitrogens with zero attached hydrogens (tertiary/aromatic N) is 1. The zero-order chi connectivity index (χ0) is 16.8. The maximum Gasteiger partial charge on any atom is 0.231 e. The van der Waals surface area contributed by atoms with Gasteiger partial charge >= 0.3 is 0 Å². The number of aliphatic hydroxyl groups excluding tert-OH is 1. The number of likely N-dealkylation sites (N-methyl/N-ethyl adjacent to an activating group) is 1. The van der Waals surface area contributed by atoms with Gasteiger partial charge in [-0.15, -0.1) is 0 Å². The Labute approximate surface area is 161 Å². The minimum atomic E-state index is -0.335. The van der Waals surface area contributed by atoms with Crippen molar-refractivity contribution in [1.82, 2.24) is 0 Å². The van der Waals surface area contributed by atoms with Crippen molar-refractivity contribution in [3.05, 3.63) is 17.2 Å². The van der Waals surface area contributed by atoms with Crippen LogP contribution in [0.4, 0.5) is 0 Å². The fraction of sp³-hybridized carbons (Fsp3) is 0.667. The first-order chi connectivity index (χ1) is 10.8. The van der Waals surface area contributed by atoms with E-state index in [4.69, 9.17) is 14.2 Å². The molecule has 0 saturated carbocycles. The van der Waals surface area contributed by atoms with Gasteiger partial charge in [-0.25, -0.2) is 0 Å².